The molecular weight excluding hydrogens is 272 g/mol. The second-order valence-electron chi connectivity index (χ2n) is 5.65. The Bertz CT molecular complexity index is 433. The molecule has 0 aromatic heterocycles. The molecular formula is C16H25ClN2O. The minimum Gasteiger partial charge on any atom is -0.349 e. The SMILES string of the molecule is CCC(NC(=O)C1CCC(N)C1)c1ccc(C)cc1.Cl. The van der Waals surface area contributed by atoms with Gasteiger partial charge in [-0.2, -0.15) is 0 Å². The van der Waals surface area contributed by atoms with Gasteiger partial charge in [0.2, 0.25) is 5.91 Å². The Kier molecular flexibility index (Phi) is 6.50. The second kappa shape index (κ2) is 7.65. The number of amides is 1. The van der Waals surface area contributed by atoms with Crippen LogP contribution in [0.1, 0.15) is 49.8 Å². The van der Waals surface area contributed by atoms with Crippen molar-refractivity contribution >= 4 is 18.3 Å². The summed E-state index contributed by atoms with van der Waals surface area (Å²) < 4.78 is 0. The van der Waals surface area contributed by atoms with Gasteiger partial charge >= 0.3 is 0 Å². The molecule has 3 N–H and O–H groups in total. The number of hydrogen-bond acceptors (Lipinski definition) is 2. The molecule has 112 valence electrons. The highest BCUT2D eigenvalue weighted by molar-refractivity contribution is 5.85. The van der Waals surface area contributed by atoms with E-state index in [-0.39, 0.29) is 36.3 Å². The predicted molar refractivity (Wildman–Crippen MR) is 84.9 cm³/mol. The summed E-state index contributed by atoms with van der Waals surface area (Å²) in [6.45, 7) is 4.18. The molecule has 20 heavy (non-hydrogen) atoms. The Hall–Kier alpha value is -1.06. The number of carbonyl (C=O) groups excluding carboxylic acids is 1. The molecule has 1 fully saturated rings. The molecule has 3 unspecified atom stereocenters. The van der Waals surface area contributed by atoms with Crippen LogP contribution in [0.3, 0.4) is 0 Å². The molecule has 4 heteroatoms. The van der Waals surface area contributed by atoms with E-state index in [9.17, 15) is 4.79 Å². The van der Waals surface area contributed by atoms with Crippen molar-refractivity contribution in [2.24, 2.45) is 11.7 Å². The summed E-state index contributed by atoms with van der Waals surface area (Å²) in [4.78, 5) is 12.2. The Labute approximate surface area is 127 Å². The van der Waals surface area contributed by atoms with Gasteiger partial charge in [-0.25, -0.2) is 0 Å². The second-order valence-corrected chi connectivity index (χ2v) is 5.65. The van der Waals surface area contributed by atoms with Crippen LogP contribution in [0.2, 0.25) is 0 Å². The summed E-state index contributed by atoms with van der Waals surface area (Å²) in [6, 6.07) is 8.71. The summed E-state index contributed by atoms with van der Waals surface area (Å²) in [6.07, 6.45) is 3.64. The van der Waals surface area contributed by atoms with Gasteiger partial charge in [0, 0.05) is 12.0 Å². The van der Waals surface area contributed by atoms with Crippen molar-refractivity contribution in [2.45, 2.75) is 51.6 Å². The zero-order chi connectivity index (χ0) is 13.8. The quantitative estimate of drug-likeness (QED) is 0.897. The van der Waals surface area contributed by atoms with Gasteiger partial charge < -0.3 is 11.1 Å². The van der Waals surface area contributed by atoms with Gasteiger partial charge in [0.25, 0.3) is 0 Å². The molecule has 1 aliphatic rings. The molecule has 1 aromatic rings. The van der Waals surface area contributed by atoms with Crippen LogP contribution in [0.25, 0.3) is 0 Å². The van der Waals surface area contributed by atoms with E-state index in [1.165, 1.54) is 11.1 Å². The normalized spacial score (nSPS) is 22.9. The zero-order valence-corrected chi connectivity index (χ0v) is 13.1. The fraction of sp³-hybridized carbons (Fsp3) is 0.562. The van der Waals surface area contributed by atoms with E-state index in [4.69, 9.17) is 5.73 Å². The maximum atomic E-state index is 12.2. The number of hydrogen-bond donors (Lipinski definition) is 2. The van der Waals surface area contributed by atoms with Gasteiger partial charge in [-0.1, -0.05) is 36.8 Å². The maximum absolute atomic E-state index is 12.2. The van der Waals surface area contributed by atoms with Gasteiger partial charge in [0.05, 0.1) is 6.04 Å². The smallest absolute Gasteiger partial charge is 0.223 e. The van der Waals surface area contributed by atoms with Crippen molar-refractivity contribution < 1.29 is 4.79 Å². The van der Waals surface area contributed by atoms with Crippen molar-refractivity contribution in [1.29, 1.82) is 0 Å². The molecule has 3 atom stereocenters. The van der Waals surface area contributed by atoms with Crippen LogP contribution in [-0.2, 0) is 4.79 Å². The molecule has 1 saturated carbocycles. The first kappa shape index (κ1) is 17.0. The van der Waals surface area contributed by atoms with Gasteiger partial charge in [-0.15, -0.1) is 12.4 Å². The summed E-state index contributed by atoms with van der Waals surface area (Å²) in [5, 5.41) is 3.17. The van der Waals surface area contributed by atoms with Gasteiger partial charge in [-0.05, 0) is 38.2 Å². The molecule has 3 nitrogen and oxygen atoms in total. The molecule has 1 aromatic carbocycles. The van der Waals surface area contributed by atoms with Crippen molar-refractivity contribution in [1.82, 2.24) is 5.32 Å². The van der Waals surface area contributed by atoms with Gasteiger partial charge in [0.1, 0.15) is 0 Å². The molecule has 2 rings (SSSR count). The monoisotopic (exact) mass is 296 g/mol. The lowest BCUT2D eigenvalue weighted by Crippen LogP contribution is -2.33. The van der Waals surface area contributed by atoms with E-state index < -0.39 is 0 Å². The molecule has 1 amide bonds. The van der Waals surface area contributed by atoms with E-state index in [1.54, 1.807) is 0 Å². The van der Waals surface area contributed by atoms with Crippen LogP contribution in [0.15, 0.2) is 24.3 Å². The van der Waals surface area contributed by atoms with E-state index in [0.717, 1.165) is 25.7 Å². The number of aryl methyl sites for hydroxylation is 1. The van der Waals surface area contributed by atoms with Crippen molar-refractivity contribution in [2.75, 3.05) is 0 Å². The van der Waals surface area contributed by atoms with Crippen LogP contribution in [-0.4, -0.2) is 11.9 Å². The Morgan fingerprint density at radius 2 is 2.00 bits per heavy atom. The molecule has 0 spiro atoms. The summed E-state index contributed by atoms with van der Waals surface area (Å²) in [5.74, 6) is 0.273. The lowest BCUT2D eigenvalue weighted by atomic mass is 10.0. The molecule has 0 radical (unpaired) electrons. The largest absolute Gasteiger partial charge is 0.349 e. The lowest BCUT2D eigenvalue weighted by molar-refractivity contribution is -0.125. The highest BCUT2D eigenvalue weighted by Gasteiger charge is 2.28. The molecule has 0 saturated heterocycles. The number of benzene rings is 1. The predicted octanol–water partition coefficient (Wildman–Crippen LogP) is 3.11. The van der Waals surface area contributed by atoms with Gasteiger partial charge in [0.15, 0.2) is 0 Å². The van der Waals surface area contributed by atoms with E-state index in [2.05, 4.69) is 43.4 Å². The fourth-order valence-electron chi connectivity index (χ4n) is 2.76. The van der Waals surface area contributed by atoms with Crippen LogP contribution in [0.4, 0.5) is 0 Å². The first-order valence-electron chi connectivity index (χ1n) is 7.22. The number of halogens is 1. The van der Waals surface area contributed by atoms with E-state index in [0.29, 0.717) is 0 Å². The first-order valence-corrected chi connectivity index (χ1v) is 7.22. The lowest BCUT2D eigenvalue weighted by Gasteiger charge is -2.20. The first-order chi connectivity index (χ1) is 9.10. The minimum atomic E-state index is 0. The maximum Gasteiger partial charge on any atom is 0.223 e. The van der Waals surface area contributed by atoms with Crippen LogP contribution >= 0.6 is 12.4 Å². The molecule has 0 bridgehead atoms. The average Bonchev–Trinajstić information content (AvgIpc) is 2.84. The van der Waals surface area contributed by atoms with Crippen LogP contribution in [0.5, 0.6) is 0 Å². The van der Waals surface area contributed by atoms with Crippen molar-refractivity contribution in [3.05, 3.63) is 35.4 Å². The topological polar surface area (TPSA) is 55.1 Å². The third kappa shape index (κ3) is 4.22. The standard InChI is InChI=1S/C16H24N2O.ClH/c1-3-15(12-6-4-11(2)5-7-12)18-16(19)13-8-9-14(17)10-13;/h4-7,13-15H,3,8-10,17H2,1-2H3,(H,18,19);1H. The Morgan fingerprint density at radius 1 is 1.35 bits per heavy atom. The Balaban J connectivity index is 0.00000200. The minimum absolute atomic E-state index is 0. The molecule has 0 heterocycles. The van der Waals surface area contributed by atoms with E-state index >= 15 is 0 Å². The molecule has 0 aliphatic heterocycles. The van der Waals surface area contributed by atoms with Crippen LogP contribution in [0, 0.1) is 12.8 Å². The van der Waals surface area contributed by atoms with Crippen molar-refractivity contribution in [3.8, 4) is 0 Å². The number of nitrogens with one attached hydrogen (secondary N) is 1. The molecule has 1 aliphatic carbocycles. The third-order valence-electron chi connectivity index (χ3n) is 4.05. The van der Waals surface area contributed by atoms with Gasteiger partial charge in [-0.3, -0.25) is 4.79 Å². The highest BCUT2D eigenvalue weighted by Crippen LogP contribution is 2.26. The summed E-state index contributed by atoms with van der Waals surface area (Å²) in [7, 11) is 0. The Morgan fingerprint density at radius 3 is 2.50 bits per heavy atom. The van der Waals surface area contributed by atoms with Crippen LogP contribution < -0.4 is 11.1 Å². The van der Waals surface area contributed by atoms with E-state index in [1.807, 2.05) is 0 Å². The number of carbonyl (C=O) groups is 1. The highest BCUT2D eigenvalue weighted by atomic mass is 35.5. The number of rotatable bonds is 4. The average molecular weight is 297 g/mol. The van der Waals surface area contributed by atoms with Crippen molar-refractivity contribution in [3.63, 3.8) is 0 Å². The zero-order valence-electron chi connectivity index (χ0n) is 12.3. The third-order valence-corrected chi connectivity index (χ3v) is 4.05. The fourth-order valence-corrected chi connectivity index (χ4v) is 2.76. The summed E-state index contributed by atoms with van der Waals surface area (Å²) in [5.41, 5.74) is 8.30. The number of nitrogens with two attached hydrogens (primary N) is 1. The summed E-state index contributed by atoms with van der Waals surface area (Å²) >= 11 is 0.